The monoisotopic (exact) mass is 1620 g/mol. The highest BCUT2D eigenvalue weighted by Gasteiger charge is 2.24. The van der Waals surface area contributed by atoms with Gasteiger partial charge >= 0.3 is 23.9 Å². The van der Waals surface area contributed by atoms with Gasteiger partial charge in [-0.05, 0) is 104 Å². The number of carboxylic acid groups (broad SMARTS) is 4. The van der Waals surface area contributed by atoms with Crippen molar-refractivity contribution in [2.24, 2.45) is 29.4 Å². The Bertz CT molecular complexity index is 2550. The first-order valence-electron chi connectivity index (χ1n) is 38.7. The predicted octanol–water partition coefficient (Wildman–Crippen LogP) is 9.38. The third-order valence-corrected chi connectivity index (χ3v) is 20.2. The smallest absolute Gasteiger partial charge is 0.320 e. The van der Waals surface area contributed by atoms with Crippen molar-refractivity contribution in [3.63, 3.8) is 0 Å². The van der Waals surface area contributed by atoms with E-state index in [2.05, 4.69) is 31.9 Å². The van der Waals surface area contributed by atoms with Gasteiger partial charge in [0.25, 0.3) is 0 Å². The van der Waals surface area contributed by atoms with Gasteiger partial charge in [-0.2, -0.15) is 0 Å². The van der Waals surface area contributed by atoms with E-state index in [4.69, 9.17) is 45.1 Å². The van der Waals surface area contributed by atoms with Gasteiger partial charge in [0.15, 0.2) is 5.78 Å². The number of Topliss-reactive ketones (excluding diaryl/α,β-unsaturated/α-hetero) is 6. The number of carbonyl (C=O) groups excluding carboxylic acids is 8. The number of likely N-dealkylation sites (N-methyl/N-ethyl adjacent to an activating group) is 3. The summed E-state index contributed by atoms with van der Waals surface area (Å²) >= 11 is 0. The van der Waals surface area contributed by atoms with E-state index in [1.807, 2.05) is 58.9 Å². The van der Waals surface area contributed by atoms with E-state index in [9.17, 15) is 67.7 Å². The Hall–Kier alpha value is -5.68. The molecule has 0 saturated heterocycles. The SMILES string of the molecule is C.C.CC(=O)[C@@H](N)CO.CC(=O)[C@H](CO)NCc1ccc(CNC(=O)COCCOCCCC(=O)COCCOCCNC(=O)CC[C@H](CC(=O)CCCCCCCCCCCCCCCCC(=O)O)C(=O)O)cc1.CCC(C)C(NC)C(=O)O.CCC(C)C(NC)C(=O)O.CC[C@@H](CSSC[C@H](NC)C(C)=O)C(C)=O. The zero-order valence-electron chi connectivity index (χ0n) is 67.7. The Labute approximate surface area is 672 Å². The van der Waals surface area contributed by atoms with E-state index in [-0.39, 0.29) is 183 Å². The molecule has 111 heavy (non-hydrogen) atoms. The lowest BCUT2D eigenvalue weighted by Gasteiger charge is -2.16. The maximum Gasteiger partial charge on any atom is 0.320 e. The molecule has 0 bridgehead atoms. The number of ketones is 6. The first-order valence-corrected chi connectivity index (χ1v) is 41.2. The van der Waals surface area contributed by atoms with Crippen LogP contribution in [0, 0.1) is 23.7 Å². The molecular weight excluding hydrogens is 1480 g/mol. The van der Waals surface area contributed by atoms with Crippen molar-refractivity contribution >= 4 is 92.0 Å². The Morgan fingerprint density at radius 2 is 0.883 bits per heavy atom. The normalized spacial score (nSPS) is 13.1. The van der Waals surface area contributed by atoms with E-state index >= 15 is 0 Å². The van der Waals surface area contributed by atoms with E-state index in [0.717, 1.165) is 86.8 Å². The molecule has 1 aromatic rings. The van der Waals surface area contributed by atoms with Crippen LogP contribution in [-0.2, 0) is 89.6 Å². The number of nitrogens with two attached hydrogens (primary N) is 1. The first kappa shape index (κ1) is 116. The fourth-order valence-electron chi connectivity index (χ4n) is 9.98. The number of carbonyl (C=O) groups is 12. The molecule has 2 amide bonds. The number of hydrogen-bond donors (Lipinski definition) is 13. The lowest BCUT2D eigenvalue weighted by Crippen LogP contribution is -2.39. The summed E-state index contributed by atoms with van der Waals surface area (Å²) in [5, 5.41) is 69.8. The second-order valence-corrected chi connectivity index (χ2v) is 29.5. The topological polar surface area (TPSA) is 461 Å². The Morgan fingerprint density at radius 3 is 1.27 bits per heavy atom. The number of amides is 2. The first-order chi connectivity index (χ1) is 51.9. The fourth-order valence-corrected chi connectivity index (χ4v) is 12.8. The molecule has 0 aliphatic rings. The summed E-state index contributed by atoms with van der Waals surface area (Å²) < 4.78 is 21.6. The number of unbranched alkanes of at least 4 members (excludes halogenated alkanes) is 13. The number of rotatable bonds is 66. The van der Waals surface area contributed by atoms with Gasteiger partial charge in [0.05, 0.1) is 70.3 Å². The van der Waals surface area contributed by atoms with Crippen LogP contribution in [0.25, 0.3) is 0 Å². The molecule has 0 aromatic heterocycles. The van der Waals surface area contributed by atoms with Gasteiger partial charge in [0, 0.05) is 75.8 Å². The second kappa shape index (κ2) is 79.5. The summed E-state index contributed by atoms with van der Waals surface area (Å²) in [7, 11) is 8.47. The van der Waals surface area contributed by atoms with Gasteiger partial charge in [0.2, 0.25) is 11.8 Å². The molecule has 0 spiro atoms. The molecule has 0 saturated carbocycles. The highest BCUT2D eigenvalue weighted by atomic mass is 33.1. The fraction of sp³-hybridized carbons (Fsp3) is 0.775. The lowest BCUT2D eigenvalue weighted by atomic mass is 9.94. The lowest BCUT2D eigenvalue weighted by molar-refractivity contribution is -0.144. The van der Waals surface area contributed by atoms with Gasteiger partial charge in [-0.15, -0.1) is 0 Å². The van der Waals surface area contributed by atoms with Crippen LogP contribution in [-0.4, -0.2) is 237 Å². The maximum absolute atomic E-state index is 12.5. The van der Waals surface area contributed by atoms with Gasteiger partial charge in [0.1, 0.15) is 54.2 Å². The van der Waals surface area contributed by atoms with Crippen molar-refractivity contribution < 1.29 is 107 Å². The molecule has 31 heteroatoms. The highest BCUT2D eigenvalue weighted by Crippen LogP contribution is 2.26. The number of benzene rings is 1. The van der Waals surface area contributed by atoms with Crippen LogP contribution in [0.15, 0.2) is 24.3 Å². The van der Waals surface area contributed by atoms with Crippen LogP contribution >= 0.6 is 21.6 Å². The standard InChI is InChI=1S/C49H81N3O14.C11H21NO2S2.2C7H15NO2.C4H9NO2.2CH4/c1-39(54)45(36-53)51-34-40-20-22-41(23-21-40)35-52-47(58)38-66-32-29-63-27-16-18-44(56)37-65-31-30-64-28-26-50-46(57)25-24-42(49(61)62)33-43(55)17-14-12-10-8-6-4-2-3-5-7-9-11-13-15-19-48(59)60;1-5-10(8(2)13)6-15-16-7-11(12-4)9(3)14;2*1-4-5(2)6(8-3)7(9)10;1-3(7)4(5)2-6;;/h20-23,42,45,51,53H,2-19,24-38H2,1H3,(H,50,57)(H,52,58)(H,59,60)(H,61,62);10-12H,5-7H2,1-4H3;2*5-6,8H,4H2,1-3H3,(H,9,10);4,6H,2,5H2,1H3;2*1H4/t42-,45+;10-,11-;;;4-;;/m10..0../s1. The van der Waals surface area contributed by atoms with Crippen molar-refractivity contribution in [3.05, 3.63) is 35.4 Å². The summed E-state index contributed by atoms with van der Waals surface area (Å²) in [6.45, 7) is 17.7. The summed E-state index contributed by atoms with van der Waals surface area (Å²) in [4.78, 5) is 136. The molecule has 1 aromatic carbocycles. The minimum absolute atomic E-state index is 0. The average molecular weight is 1630 g/mol. The van der Waals surface area contributed by atoms with Crippen LogP contribution in [0.3, 0.4) is 0 Å². The van der Waals surface area contributed by atoms with E-state index < -0.39 is 54.0 Å². The van der Waals surface area contributed by atoms with Gasteiger partial charge in [-0.3, -0.25) is 57.5 Å². The average Bonchev–Trinajstić information content (AvgIpc) is 0.847. The number of aliphatic carboxylic acids is 4. The molecule has 4 unspecified atom stereocenters. The van der Waals surface area contributed by atoms with Crippen LogP contribution in [0.4, 0.5) is 0 Å². The molecule has 0 aliphatic heterocycles. The molecule has 0 aliphatic carbocycles. The van der Waals surface area contributed by atoms with Crippen molar-refractivity contribution in [2.75, 3.05) is 105 Å². The third-order valence-electron chi connectivity index (χ3n) is 17.7. The van der Waals surface area contributed by atoms with Crippen molar-refractivity contribution in [1.82, 2.24) is 31.9 Å². The van der Waals surface area contributed by atoms with Crippen LogP contribution < -0.4 is 37.6 Å². The number of aliphatic hydroxyl groups is 2. The highest BCUT2D eigenvalue weighted by molar-refractivity contribution is 8.76. The van der Waals surface area contributed by atoms with Crippen molar-refractivity contribution in [3.8, 4) is 0 Å². The number of ether oxygens (including phenoxy) is 4. The zero-order valence-corrected chi connectivity index (χ0v) is 69.3. The minimum Gasteiger partial charge on any atom is -0.481 e. The van der Waals surface area contributed by atoms with Gasteiger partial charge < -0.3 is 87.2 Å². The minimum atomic E-state index is -1.07. The molecular formula is C80H149N7O22S2. The van der Waals surface area contributed by atoms with Gasteiger partial charge in [-0.25, -0.2) is 0 Å². The molecule has 14 N–H and O–H groups in total. The van der Waals surface area contributed by atoms with Crippen molar-refractivity contribution in [2.45, 2.75) is 275 Å². The number of aliphatic hydroxyl groups excluding tert-OH is 2. The number of carboxylic acids is 4. The largest absolute Gasteiger partial charge is 0.481 e. The van der Waals surface area contributed by atoms with Gasteiger partial charge in [-0.1, -0.05) is 185 Å². The number of hydrogen-bond acceptors (Lipinski definition) is 25. The molecule has 0 radical (unpaired) electrons. The summed E-state index contributed by atoms with van der Waals surface area (Å²) in [6.07, 6.45) is 19.4. The van der Waals surface area contributed by atoms with E-state index in [1.54, 1.807) is 56.6 Å². The Morgan fingerprint density at radius 1 is 0.441 bits per heavy atom. The summed E-state index contributed by atoms with van der Waals surface area (Å²) in [5.74, 6) is -2.68. The molecule has 1 rings (SSSR count). The van der Waals surface area contributed by atoms with Crippen LogP contribution in [0.5, 0.6) is 0 Å². The quantitative estimate of drug-likeness (QED) is 0.0213. The van der Waals surface area contributed by atoms with Crippen molar-refractivity contribution in [1.29, 1.82) is 0 Å². The second-order valence-electron chi connectivity index (χ2n) is 26.9. The molecule has 0 heterocycles. The summed E-state index contributed by atoms with van der Waals surface area (Å²) in [6, 6.07) is 5.38. The Balaban J connectivity index is -0.000000488. The van der Waals surface area contributed by atoms with Crippen LogP contribution in [0.2, 0.25) is 0 Å². The summed E-state index contributed by atoms with van der Waals surface area (Å²) in [5.41, 5.74) is 6.86. The van der Waals surface area contributed by atoms with E-state index in [0.29, 0.717) is 32.5 Å². The Kier molecular flexibility index (Phi) is 83.3. The molecule has 0 fully saturated rings. The number of nitrogens with one attached hydrogen (secondary N) is 6. The molecule has 648 valence electrons. The molecule has 9 atom stereocenters. The third kappa shape index (κ3) is 71.8. The molecule has 29 nitrogen and oxygen atoms in total. The van der Waals surface area contributed by atoms with Crippen LogP contribution in [0.1, 0.15) is 242 Å². The maximum atomic E-state index is 12.5. The predicted molar refractivity (Wildman–Crippen MR) is 441 cm³/mol. The zero-order chi connectivity index (χ0) is 83.2. The van der Waals surface area contributed by atoms with E-state index in [1.165, 1.54) is 58.8 Å².